The molecule has 1 aromatic carbocycles. The van der Waals surface area contributed by atoms with Crippen LogP contribution in [-0.2, 0) is 11.2 Å². The number of ether oxygens (including phenoxy) is 1. The zero-order chi connectivity index (χ0) is 21.0. The third-order valence-corrected chi connectivity index (χ3v) is 6.04. The maximum Gasteiger partial charge on any atom is 0.303 e. The van der Waals surface area contributed by atoms with Crippen LogP contribution in [0.1, 0.15) is 56.6 Å². The second-order valence-electron chi connectivity index (χ2n) is 8.13. The van der Waals surface area contributed by atoms with Gasteiger partial charge in [-0.05, 0) is 31.2 Å². The Balaban J connectivity index is 1.75. The van der Waals surface area contributed by atoms with Crippen molar-refractivity contribution in [2.45, 2.75) is 70.2 Å². The van der Waals surface area contributed by atoms with Crippen molar-refractivity contribution in [3.05, 3.63) is 41.5 Å². The Morgan fingerprint density at radius 1 is 1.41 bits per heavy atom. The molecule has 1 saturated carbocycles. The number of aryl methyl sites for hydroxylation is 1. The van der Waals surface area contributed by atoms with Gasteiger partial charge in [-0.25, -0.2) is 0 Å². The van der Waals surface area contributed by atoms with Crippen LogP contribution in [0.3, 0.4) is 0 Å². The Bertz CT molecular complexity index is 818. The molecule has 1 fully saturated rings. The number of carboxylic acid groups (broad SMARTS) is 1. The summed E-state index contributed by atoms with van der Waals surface area (Å²) < 4.78 is 6.21. The molecule has 1 aliphatic heterocycles. The smallest absolute Gasteiger partial charge is 0.303 e. The van der Waals surface area contributed by atoms with Gasteiger partial charge < -0.3 is 20.1 Å². The number of aliphatic hydroxyl groups is 2. The number of carboxylic acids is 1. The molecular weight excluding hydrogens is 368 g/mol. The van der Waals surface area contributed by atoms with E-state index in [1.54, 1.807) is 13.0 Å². The van der Waals surface area contributed by atoms with Crippen molar-refractivity contribution in [3.63, 3.8) is 0 Å². The van der Waals surface area contributed by atoms with Crippen molar-refractivity contribution < 1.29 is 24.9 Å². The normalized spacial score (nSPS) is 26.9. The molecule has 6 atom stereocenters. The third-order valence-electron chi connectivity index (χ3n) is 6.04. The van der Waals surface area contributed by atoms with Crippen molar-refractivity contribution in [3.8, 4) is 17.6 Å². The Morgan fingerprint density at radius 2 is 2.21 bits per heavy atom. The van der Waals surface area contributed by atoms with E-state index in [1.165, 1.54) is 0 Å². The summed E-state index contributed by atoms with van der Waals surface area (Å²) in [7, 11) is 0. The van der Waals surface area contributed by atoms with Crippen molar-refractivity contribution >= 4 is 5.97 Å². The molecule has 0 spiro atoms. The monoisotopic (exact) mass is 398 g/mol. The molecule has 1 heterocycles. The van der Waals surface area contributed by atoms with Crippen LogP contribution in [0.2, 0.25) is 0 Å². The Morgan fingerprint density at radius 3 is 2.93 bits per heavy atom. The van der Waals surface area contributed by atoms with Crippen molar-refractivity contribution in [1.82, 2.24) is 0 Å². The van der Waals surface area contributed by atoms with Crippen LogP contribution in [0.5, 0.6) is 5.75 Å². The number of aliphatic hydroxyl groups excluding tert-OH is 2. The van der Waals surface area contributed by atoms with Crippen LogP contribution in [0.4, 0.5) is 0 Å². The molecular formula is C24H30O5. The van der Waals surface area contributed by atoms with E-state index in [9.17, 15) is 15.0 Å². The number of rotatable bonds is 8. The van der Waals surface area contributed by atoms with Crippen LogP contribution in [0.25, 0.3) is 0 Å². The van der Waals surface area contributed by atoms with Gasteiger partial charge in [-0.15, -0.1) is 11.8 Å². The molecule has 1 aromatic rings. The van der Waals surface area contributed by atoms with Crippen molar-refractivity contribution in [1.29, 1.82) is 0 Å². The molecule has 3 N–H and O–H groups in total. The Kier molecular flexibility index (Phi) is 7.00. The quantitative estimate of drug-likeness (QED) is 0.462. The molecule has 0 aromatic heterocycles. The van der Waals surface area contributed by atoms with E-state index < -0.39 is 18.2 Å². The highest BCUT2D eigenvalue weighted by molar-refractivity contribution is 5.66. The number of fused-ring (bicyclic) bond motifs is 3. The molecule has 0 saturated heterocycles. The van der Waals surface area contributed by atoms with Crippen LogP contribution < -0.4 is 4.74 Å². The summed E-state index contributed by atoms with van der Waals surface area (Å²) in [5.74, 6) is 5.87. The first kappa shape index (κ1) is 21.4. The maximum atomic E-state index is 10.8. The minimum absolute atomic E-state index is 0.0287. The van der Waals surface area contributed by atoms with E-state index in [-0.39, 0.29) is 30.3 Å². The molecule has 1 aliphatic carbocycles. The highest BCUT2D eigenvalue weighted by atomic mass is 16.5. The number of para-hydroxylation sites is 1. The molecule has 5 heteroatoms. The molecule has 0 amide bonds. The Hall–Kier alpha value is -2.29. The summed E-state index contributed by atoms with van der Waals surface area (Å²) in [6.45, 7) is 3.75. The van der Waals surface area contributed by atoms with Crippen molar-refractivity contribution in [2.75, 3.05) is 0 Å². The van der Waals surface area contributed by atoms with Gasteiger partial charge in [-0.1, -0.05) is 37.3 Å². The molecule has 0 radical (unpaired) electrons. The Labute approximate surface area is 172 Å². The fourth-order valence-electron chi connectivity index (χ4n) is 4.41. The lowest BCUT2D eigenvalue weighted by Crippen LogP contribution is -2.19. The molecule has 0 bridgehead atoms. The lowest BCUT2D eigenvalue weighted by atomic mass is 9.86. The van der Waals surface area contributed by atoms with Gasteiger partial charge in [0.1, 0.15) is 11.9 Å². The largest absolute Gasteiger partial charge is 0.489 e. The van der Waals surface area contributed by atoms with Crippen LogP contribution >= 0.6 is 0 Å². The second-order valence-corrected chi connectivity index (χ2v) is 8.13. The first-order chi connectivity index (χ1) is 13.9. The van der Waals surface area contributed by atoms with Crippen LogP contribution in [-0.4, -0.2) is 39.6 Å². The summed E-state index contributed by atoms with van der Waals surface area (Å²) >= 11 is 0. The second kappa shape index (κ2) is 9.47. The molecule has 3 rings (SSSR count). The first-order valence-electron chi connectivity index (χ1n) is 10.4. The van der Waals surface area contributed by atoms with Gasteiger partial charge in [0, 0.05) is 36.7 Å². The van der Waals surface area contributed by atoms with Gasteiger partial charge in [0.05, 0.1) is 12.2 Å². The number of benzene rings is 1. The topological polar surface area (TPSA) is 87.0 Å². The minimum atomic E-state index is -0.790. The lowest BCUT2D eigenvalue weighted by molar-refractivity contribution is -0.137. The zero-order valence-electron chi connectivity index (χ0n) is 17.0. The standard InChI is InChI=1S/C24H30O5/c1-3-4-7-15(2)19(25)13-12-17-20(26)14-21-23(17)18-10-5-8-16(24(18)29-21)9-6-11-22(27)28/h5,8,10,12-13,15,17,19-21,23,25-26H,6-7,9,11,14H2,1-2H3,(H,27,28)/b13-12-/t15?,17-,19+,20+,21-,23-/m0/s1. The first-order valence-corrected chi connectivity index (χ1v) is 10.4. The predicted octanol–water partition coefficient (Wildman–Crippen LogP) is 3.29. The lowest BCUT2D eigenvalue weighted by Gasteiger charge is -2.19. The van der Waals surface area contributed by atoms with Crippen LogP contribution in [0.15, 0.2) is 30.4 Å². The van der Waals surface area contributed by atoms with Gasteiger partial charge >= 0.3 is 5.97 Å². The number of aliphatic carboxylic acids is 1. The van der Waals surface area contributed by atoms with Crippen molar-refractivity contribution in [2.24, 2.45) is 11.8 Å². The SMILES string of the molecule is CC#CCC(C)[C@H](O)/C=C\[C@@H]1[C@H]2c3cccc(CCCC(=O)O)c3O[C@H]2C[C@H]1O. The van der Waals surface area contributed by atoms with E-state index in [1.807, 2.05) is 31.2 Å². The van der Waals surface area contributed by atoms with E-state index >= 15 is 0 Å². The summed E-state index contributed by atoms with van der Waals surface area (Å²) in [4.78, 5) is 10.8. The molecule has 2 aliphatic rings. The molecule has 5 nitrogen and oxygen atoms in total. The highest BCUT2D eigenvalue weighted by Crippen LogP contribution is 2.52. The summed E-state index contributed by atoms with van der Waals surface area (Å²) in [6, 6.07) is 6.01. The minimum Gasteiger partial charge on any atom is -0.489 e. The predicted molar refractivity (Wildman–Crippen MR) is 111 cm³/mol. The van der Waals surface area contributed by atoms with E-state index in [4.69, 9.17) is 9.84 Å². The number of carbonyl (C=O) groups is 1. The number of hydrogen-bond acceptors (Lipinski definition) is 4. The third kappa shape index (κ3) is 4.83. The van der Waals surface area contributed by atoms with E-state index in [0.29, 0.717) is 25.7 Å². The summed E-state index contributed by atoms with van der Waals surface area (Å²) in [5.41, 5.74) is 2.11. The van der Waals surface area contributed by atoms with Gasteiger partial charge in [0.15, 0.2) is 0 Å². The van der Waals surface area contributed by atoms with E-state index in [0.717, 1.165) is 16.9 Å². The fourth-order valence-corrected chi connectivity index (χ4v) is 4.41. The molecule has 1 unspecified atom stereocenters. The van der Waals surface area contributed by atoms with Gasteiger partial charge in [0.2, 0.25) is 0 Å². The van der Waals surface area contributed by atoms with E-state index in [2.05, 4.69) is 11.8 Å². The van der Waals surface area contributed by atoms with Gasteiger partial charge in [-0.3, -0.25) is 4.79 Å². The van der Waals surface area contributed by atoms with Crippen LogP contribution in [0, 0.1) is 23.7 Å². The van der Waals surface area contributed by atoms with Gasteiger partial charge in [0.25, 0.3) is 0 Å². The van der Waals surface area contributed by atoms with Gasteiger partial charge in [-0.2, -0.15) is 0 Å². The fraction of sp³-hybridized carbons (Fsp3) is 0.542. The average Bonchev–Trinajstić information content (AvgIpc) is 3.19. The maximum absolute atomic E-state index is 10.8. The highest BCUT2D eigenvalue weighted by Gasteiger charge is 2.48. The number of hydrogen-bond donors (Lipinski definition) is 3. The summed E-state index contributed by atoms with van der Waals surface area (Å²) in [6.07, 6.45) is 5.07. The average molecular weight is 398 g/mol. The summed E-state index contributed by atoms with van der Waals surface area (Å²) in [5, 5.41) is 29.9. The zero-order valence-corrected chi connectivity index (χ0v) is 17.0. The molecule has 29 heavy (non-hydrogen) atoms. The molecule has 156 valence electrons.